The van der Waals surface area contributed by atoms with Crippen LogP contribution < -0.4 is 10.2 Å². The molecule has 1 aromatic carbocycles. The average molecular weight is 746 g/mol. The third-order valence-corrected chi connectivity index (χ3v) is 8.83. The fourth-order valence-corrected chi connectivity index (χ4v) is 6.27. The quantitative estimate of drug-likeness (QED) is 0.0872. The molecule has 1 saturated carbocycles. The zero-order valence-corrected chi connectivity index (χ0v) is 31.6. The van der Waals surface area contributed by atoms with Gasteiger partial charge in [-0.25, -0.2) is 4.98 Å². The number of aromatic nitrogens is 1. The summed E-state index contributed by atoms with van der Waals surface area (Å²) in [5, 5.41) is 13.3. The summed E-state index contributed by atoms with van der Waals surface area (Å²) < 4.78 is 21.0. The van der Waals surface area contributed by atoms with Crippen LogP contribution >= 0.6 is 11.6 Å². The molecule has 1 fully saturated rings. The number of ether oxygens (including phenoxy) is 4. The van der Waals surface area contributed by atoms with Gasteiger partial charge in [-0.1, -0.05) is 45.4 Å². The van der Waals surface area contributed by atoms with Crippen LogP contribution in [0.15, 0.2) is 36.5 Å². The van der Waals surface area contributed by atoms with Crippen LogP contribution in [0, 0.1) is 11.8 Å². The van der Waals surface area contributed by atoms with E-state index in [1.54, 1.807) is 19.2 Å². The largest absolute Gasteiger partial charge is 0.481 e. The number of halogens is 1. The van der Waals surface area contributed by atoms with E-state index in [0.717, 1.165) is 42.0 Å². The molecule has 2 aromatic rings. The first-order valence-corrected chi connectivity index (χ1v) is 18.1. The number of pyridine rings is 1. The van der Waals surface area contributed by atoms with Gasteiger partial charge < -0.3 is 34.3 Å². The van der Waals surface area contributed by atoms with Crippen LogP contribution in [0.3, 0.4) is 0 Å². The van der Waals surface area contributed by atoms with Crippen LogP contribution in [-0.2, 0) is 42.9 Å². The zero-order chi connectivity index (χ0) is 38.4. The smallest absolute Gasteiger partial charge is 0.306 e. The third-order valence-electron chi connectivity index (χ3n) is 8.60. The van der Waals surface area contributed by atoms with E-state index in [2.05, 4.69) is 35.1 Å². The highest BCUT2D eigenvalue weighted by Gasteiger charge is 2.31. The molecule has 0 amide bonds. The van der Waals surface area contributed by atoms with Crippen molar-refractivity contribution in [3.05, 3.63) is 47.2 Å². The summed E-state index contributed by atoms with van der Waals surface area (Å²) in [6.45, 7) is 10.7. The van der Waals surface area contributed by atoms with Crippen molar-refractivity contribution in [3.63, 3.8) is 0 Å². The van der Waals surface area contributed by atoms with Crippen molar-refractivity contribution < 1.29 is 48.0 Å². The van der Waals surface area contributed by atoms with Crippen molar-refractivity contribution in [2.75, 3.05) is 30.0 Å². The van der Waals surface area contributed by atoms with E-state index in [9.17, 15) is 29.1 Å². The molecule has 1 aromatic heterocycles. The Morgan fingerprint density at radius 1 is 0.904 bits per heavy atom. The lowest BCUT2D eigenvalue weighted by molar-refractivity contribution is -0.166. The molecule has 1 unspecified atom stereocenters. The molecule has 1 aliphatic carbocycles. The van der Waals surface area contributed by atoms with Gasteiger partial charge in [-0.2, -0.15) is 0 Å². The predicted octanol–water partition coefficient (Wildman–Crippen LogP) is 6.83. The maximum Gasteiger partial charge on any atom is 0.306 e. The maximum absolute atomic E-state index is 12.9. The molecule has 1 aliphatic rings. The lowest BCUT2D eigenvalue weighted by Gasteiger charge is -2.40. The molecule has 3 rings (SSSR count). The number of esters is 4. The van der Waals surface area contributed by atoms with Gasteiger partial charge in [0.15, 0.2) is 6.10 Å². The summed E-state index contributed by atoms with van der Waals surface area (Å²) in [7, 11) is 0. The van der Waals surface area contributed by atoms with Crippen LogP contribution in [0.1, 0.15) is 98.0 Å². The van der Waals surface area contributed by atoms with E-state index < -0.39 is 36.0 Å². The minimum Gasteiger partial charge on any atom is -0.481 e. The van der Waals surface area contributed by atoms with Crippen molar-refractivity contribution in [1.29, 1.82) is 0 Å². The Hall–Kier alpha value is -4.39. The molecule has 0 aliphatic heterocycles. The Balaban J connectivity index is 1.63. The number of rotatable bonds is 19. The molecule has 0 bridgehead atoms. The SMILES string of the molecule is CC(=O)OCC(COC(C)=O)OC(=O)CC(C)CC(=O)O[C@H]1CC[C@H](N(CC(C)C)c2ccc([C@H](C)CC(=O)O)cc2Nc2ccc(Cl)nc2)CC1. The number of hydrogen-bond donors (Lipinski definition) is 2. The first kappa shape index (κ1) is 42.0. The van der Waals surface area contributed by atoms with E-state index in [0.29, 0.717) is 23.9 Å². The molecule has 0 spiro atoms. The average Bonchev–Trinajstić information content (AvgIpc) is 3.05. The standard InChI is InChI=1S/C38H52ClN3O10/c1-23(2)20-42(34-13-7-28(25(4)17-36(45)46)18-33(34)41-29-8-14-35(39)40-19-29)30-9-11-31(12-10-30)51-37(47)15-24(3)16-38(48)52-32(21-49-26(5)43)22-50-27(6)44/h7-8,13-14,18-19,23-25,30-32,41H,9-12,15-17,20-22H2,1-6H3,(H,45,46)/t24?,25-,30-,31-/m1/s1. The van der Waals surface area contributed by atoms with Gasteiger partial charge in [0.2, 0.25) is 0 Å². The molecule has 2 atom stereocenters. The Morgan fingerprint density at radius 2 is 1.54 bits per heavy atom. The molecule has 13 nitrogen and oxygen atoms in total. The number of hydrogen-bond acceptors (Lipinski definition) is 12. The topological polar surface area (TPSA) is 171 Å². The third kappa shape index (κ3) is 14.7. The lowest BCUT2D eigenvalue weighted by Crippen LogP contribution is -2.42. The second-order valence-corrected chi connectivity index (χ2v) is 14.4. The second-order valence-electron chi connectivity index (χ2n) is 14.0. The monoisotopic (exact) mass is 745 g/mol. The van der Waals surface area contributed by atoms with E-state index in [4.69, 9.17) is 30.5 Å². The van der Waals surface area contributed by atoms with Crippen LogP contribution in [-0.4, -0.2) is 77.9 Å². The summed E-state index contributed by atoms with van der Waals surface area (Å²) in [5.74, 6) is -3.20. The Morgan fingerprint density at radius 3 is 2.10 bits per heavy atom. The van der Waals surface area contributed by atoms with Crippen molar-refractivity contribution in [3.8, 4) is 0 Å². The van der Waals surface area contributed by atoms with Gasteiger partial charge in [-0.15, -0.1) is 0 Å². The number of carboxylic acid groups (broad SMARTS) is 1. The molecular weight excluding hydrogens is 694 g/mol. The second kappa shape index (κ2) is 20.6. The van der Waals surface area contributed by atoms with Crippen LogP contribution in [0.4, 0.5) is 17.1 Å². The molecule has 0 radical (unpaired) electrons. The minimum atomic E-state index is -0.954. The molecule has 0 saturated heterocycles. The van der Waals surface area contributed by atoms with Crippen molar-refractivity contribution >= 4 is 58.5 Å². The van der Waals surface area contributed by atoms with Crippen molar-refractivity contribution in [2.24, 2.45) is 11.8 Å². The van der Waals surface area contributed by atoms with Crippen LogP contribution in [0.25, 0.3) is 0 Å². The fraction of sp³-hybridized carbons (Fsp3) is 0.579. The highest BCUT2D eigenvalue weighted by atomic mass is 35.5. The first-order valence-electron chi connectivity index (χ1n) is 17.8. The molecule has 14 heteroatoms. The van der Waals surface area contributed by atoms with Crippen LogP contribution in [0.2, 0.25) is 5.15 Å². The zero-order valence-electron chi connectivity index (χ0n) is 30.9. The van der Waals surface area contributed by atoms with E-state index in [1.807, 2.05) is 25.1 Å². The summed E-state index contributed by atoms with van der Waals surface area (Å²) in [6.07, 6.45) is 3.34. The number of carbonyl (C=O) groups is 5. The molecule has 1 heterocycles. The van der Waals surface area contributed by atoms with Crippen molar-refractivity contribution in [2.45, 2.75) is 111 Å². The highest BCUT2D eigenvalue weighted by molar-refractivity contribution is 6.29. The number of anilines is 3. The van der Waals surface area contributed by atoms with Gasteiger partial charge in [0.25, 0.3) is 0 Å². The number of aliphatic carboxylic acids is 1. The Labute approximate surface area is 310 Å². The Bertz CT molecular complexity index is 1490. The van der Waals surface area contributed by atoms with Gasteiger partial charge in [-0.05, 0) is 73.3 Å². The van der Waals surface area contributed by atoms with E-state index in [1.165, 1.54) is 13.8 Å². The summed E-state index contributed by atoms with van der Waals surface area (Å²) in [6, 6.07) is 9.77. The number of benzene rings is 1. The van der Waals surface area contributed by atoms with Gasteiger partial charge in [0.05, 0.1) is 29.7 Å². The predicted molar refractivity (Wildman–Crippen MR) is 196 cm³/mol. The summed E-state index contributed by atoms with van der Waals surface area (Å²) in [5.41, 5.74) is 3.48. The maximum atomic E-state index is 12.9. The lowest BCUT2D eigenvalue weighted by atomic mass is 9.90. The van der Waals surface area contributed by atoms with E-state index >= 15 is 0 Å². The van der Waals surface area contributed by atoms with Crippen molar-refractivity contribution in [1.82, 2.24) is 4.98 Å². The number of nitrogens with one attached hydrogen (secondary N) is 1. The molecular formula is C38H52ClN3O10. The van der Waals surface area contributed by atoms with Gasteiger partial charge in [0.1, 0.15) is 24.5 Å². The van der Waals surface area contributed by atoms with Gasteiger partial charge in [-0.3, -0.25) is 24.0 Å². The fourth-order valence-electron chi connectivity index (χ4n) is 6.15. The normalized spacial score (nSPS) is 16.8. The molecule has 286 valence electrons. The van der Waals surface area contributed by atoms with E-state index in [-0.39, 0.29) is 56.5 Å². The number of carboxylic acids is 1. The van der Waals surface area contributed by atoms with Gasteiger partial charge in [0, 0.05) is 39.3 Å². The number of nitrogens with zero attached hydrogens (tertiary/aromatic N) is 2. The molecule has 2 N–H and O–H groups in total. The summed E-state index contributed by atoms with van der Waals surface area (Å²) in [4.78, 5) is 65.9. The highest BCUT2D eigenvalue weighted by Crippen LogP contribution is 2.38. The number of carbonyl (C=O) groups excluding carboxylic acids is 4. The molecule has 52 heavy (non-hydrogen) atoms. The van der Waals surface area contributed by atoms with Gasteiger partial charge >= 0.3 is 29.8 Å². The van der Waals surface area contributed by atoms with Crippen LogP contribution in [0.5, 0.6) is 0 Å². The first-order chi connectivity index (χ1) is 24.6. The Kier molecular flexibility index (Phi) is 16.6. The summed E-state index contributed by atoms with van der Waals surface area (Å²) >= 11 is 6.03. The minimum absolute atomic E-state index is 0.0123.